The van der Waals surface area contributed by atoms with Crippen molar-refractivity contribution >= 4 is 11.7 Å². The van der Waals surface area contributed by atoms with Crippen LogP contribution >= 0.6 is 0 Å². The number of hydrogen-bond donors (Lipinski definition) is 2. The molecular weight excluding hydrogens is 272 g/mol. The molecule has 3 rings (SSSR count). The highest BCUT2D eigenvalue weighted by molar-refractivity contribution is 5.94. The fourth-order valence-corrected chi connectivity index (χ4v) is 3.05. The minimum absolute atomic E-state index is 0.102. The Labute approximate surface area is 131 Å². The van der Waals surface area contributed by atoms with Gasteiger partial charge in [-0.15, -0.1) is 0 Å². The summed E-state index contributed by atoms with van der Waals surface area (Å²) in [6, 6.07) is 18.3. The maximum atomic E-state index is 12.2. The Hall–Kier alpha value is -2.29. The van der Waals surface area contributed by atoms with Gasteiger partial charge in [0.05, 0.1) is 5.69 Å². The van der Waals surface area contributed by atoms with Crippen LogP contribution in [0, 0.1) is 0 Å². The Balaban J connectivity index is 1.71. The lowest BCUT2D eigenvalue weighted by Gasteiger charge is -2.23. The molecule has 0 heterocycles. The maximum Gasteiger partial charge on any atom is 0.319 e. The number of hydrogen-bond acceptors (Lipinski definition) is 1. The van der Waals surface area contributed by atoms with E-state index < -0.39 is 0 Å². The highest BCUT2D eigenvalue weighted by Crippen LogP contribution is 2.27. The van der Waals surface area contributed by atoms with E-state index in [1.165, 1.54) is 19.3 Å². The molecule has 0 unspecified atom stereocenters. The number of nitrogens with one attached hydrogen (secondary N) is 2. The Kier molecular flexibility index (Phi) is 4.74. The Bertz CT molecular complexity index is 618. The minimum atomic E-state index is -0.102. The van der Waals surface area contributed by atoms with Gasteiger partial charge in [-0.3, -0.25) is 0 Å². The van der Waals surface area contributed by atoms with Gasteiger partial charge in [0, 0.05) is 11.6 Å². The van der Waals surface area contributed by atoms with Gasteiger partial charge in [-0.2, -0.15) is 0 Å². The molecule has 1 aliphatic carbocycles. The van der Waals surface area contributed by atoms with E-state index in [4.69, 9.17) is 0 Å². The second kappa shape index (κ2) is 7.12. The highest BCUT2D eigenvalue weighted by atomic mass is 16.2. The zero-order valence-electron chi connectivity index (χ0n) is 12.7. The van der Waals surface area contributed by atoms with Gasteiger partial charge in [0.2, 0.25) is 0 Å². The van der Waals surface area contributed by atoms with E-state index in [-0.39, 0.29) is 6.03 Å². The van der Waals surface area contributed by atoms with Crippen molar-refractivity contribution in [3.05, 3.63) is 54.6 Å². The molecular formula is C19H22N2O. The predicted molar refractivity (Wildman–Crippen MR) is 90.9 cm³/mol. The normalized spacial score (nSPS) is 15.3. The molecule has 2 aromatic rings. The molecule has 3 nitrogen and oxygen atoms in total. The van der Waals surface area contributed by atoms with Crippen molar-refractivity contribution in [1.29, 1.82) is 0 Å². The van der Waals surface area contributed by atoms with Crippen LogP contribution in [0.5, 0.6) is 0 Å². The summed E-state index contributed by atoms with van der Waals surface area (Å²) in [6.07, 6.45) is 5.90. The van der Waals surface area contributed by atoms with Crippen LogP contribution in [0.1, 0.15) is 32.1 Å². The summed E-state index contributed by atoms with van der Waals surface area (Å²) in [6.45, 7) is 0. The SMILES string of the molecule is O=C(Nc1ccccc1-c1ccccc1)NC1CCCCC1. The van der Waals surface area contributed by atoms with Crippen molar-refractivity contribution in [3.63, 3.8) is 0 Å². The van der Waals surface area contributed by atoms with Crippen LogP contribution in [0.15, 0.2) is 54.6 Å². The number of carbonyl (C=O) groups excluding carboxylic acids is 1. The van der Waals surface area contributed by atoms with Crippen LogP contribution < -0.4 is 10.6 Å². The van der Waals surface area contributed by atoms with Crippen molar-refractivity contribution < 1.29 is 4.79 Å². The molecule has 22 heavy (non-hydrogen) atoms. The maximum absolute atomic E-state index is 12.2. The third kappa shape index (κ3) is 3.67. The van der Waals surface area contributed by atoms with Gasteiger partial charge >= 0.3 is 6.03 Å². The number of urea groups is 1. The second-order valence-electron chi connectivity index (χ2n) is 5.85. The minimum Gasteiger partial charge on any atom is -0.335 e. The molecule has 0 atom stereocenters. The van der Waals surface area contributed by atoms with E-state index in [0.29, 0.717) is 6.04 Å². The van der Waals surface area contributed by atoms with Gasteiger partial charge < -0.3 is 10.6 Å². The number of carbonyl (C=O) groups is 1. The largest absolute Gasteiger partial charge is 0.335 e. The average Bonchev–Trinajstić information content (AvgIpc) is 2.57. The monoisotopic (exact) mass is 294 g/mol. The highest BCUT2D eigenvalue weighted by Gasteiger charge is 2.16. The molecule has 0 aliphatic heterocycles. The van der Waals surface area contributed by atoms with Crippen LogP contribution in [0.25, 0.3) is 11.1 Å². The van der Waals surface area contributed by atoms with Crippen molar-refractivity contribution in [2.45, 2.75) is 38.1 Å². The van der Waals surface area contributed by atoms with E-state index in [9.17, 15) is 4.79 Å². The fourth-order valence-electron chi connectivity index (χ4n) is 3.05. The summed E-state index contributed by atoms with van der Waals surface area (Å²) < 4.78 is 0. The third-order valence-corrected chi connectivity index (χ3v) is 4.20. The Morgan fingerprint density at radius 2 is 1.55 bits per heavy atom. The van der Waals surface area contributed by atoms with Crippen LogP contribution in [0.3, 0.4) is 0 Å². The average molecular weight is 294 g/mol. The lowest BCUT2D eigenvalue weighted by Crippen LogP contribution is -2.39. The first kappa shape index (κ1) is 14.6. The zero-order valence-corrected chi connectivity index (χ0v) is 12.7. The topological polar surface area (TPSA) is 41.1 Å². The van der Waals surface area contributed by atoms with Gasteiger partial charge in [-0.05, 0) is 24.5 Å². The first-order valence-electron chi connectivity index (χ1n) is 8.05. The number of benzene rings is 2. The van der Waals surface area contributed by atoms with Gasteiger partial charge in [-0.25, -0.2) is 4.79 Å². The zero-order chi connectivity index (χ0) is 15.2. The molecule has 0 aromatic heterocycles. The Morgan fingerprint density at radius 3 is 2.32 bits per heavy atom. The number of amides is 2. The summed E-state index contributed by atoms with van der Waals surface area (Å²) >= 11 is 0. The van der Waals surface area contributed by atoms with Gasteiger partial charge in [0.25, 0.3) is 0 Å². The molecule has 0 saturated heterocycles. The quantitative estimate of drug-likeness (QED) is 0.838. The van der Waals surface area contributed by atoms with Gasteiger partial charge in [-0.1, -0.05) is 67.8 Å². The van der Waals surface area contributed by atoms with Crippen molar-refractivity contribution in [1.82, 2.24) is 5.32 Å². The molecule has 2 amide bonds. The summed E-state index contributed by atoms with van der Waals surface area (Å²) in [5.41, 5.74) is 3.00. The number of anilines is 1. The summed E-state index contributed by atoms with van der Waals surface area (Å²) in [7, 11) is 0. The van der Waals surface area contributed by atoms with E-state index in [1.807, 2.05) is 42.5 Å². The third-order valence-electron chi connectivity index (χ3n) is 4.20. The molecule has 1 aliphatic rings. The van der Waals surface area contributed by atoms with E-state index in [2.05, 4.69) is 22.8 Å². The van der Waals surface area contributed by atoms with Crippen LogP contribution in [0.2, 0.25) is 0 Å². The summed E-state index contributed by atoms with van der Waals surface area (Å²) in [5.74, 6) is 0. The molecule has 2 aromatic carbocycles. The standard InChI is InChI=1S/C19H22N2O/c22-19(20-16-11-5-2-6-12-16)21-18-14-8-7-13-17(18)15-9-3-1-4-10-15/h1,3-4,7-10,13-14,16H,2,5-6,11-12H2,(H2,20,21,22). The van der Waals surface area contributed by atoms with Crippen LogP contribution in [-0.4, -0.2) is 12.1 Å². The smallest absolute Gasteiger partial charge is 0.319 e. The Morgan fingerprint density at radius 1 is 0.864 bits per heavy atom. The van der Waals surface area contributed by atoms with Crippen molar-refractivity contribution in [2.24, 2.45) is 0 Å². The lowest BCUT2D eigenvalue weighted by molar-refractivity contribution is 0.244. The molecule has 0 radical (unpaired) electrons. The second-order valence-corrected chi connectivity index (χ2v) is 5.85. The van der Waals surface area contributed by atoms with Crippen LogP contribution in [0.4, 0.5) is 10.5 Å². The van der Waals surface area contributed by atoms with Crippen molar-refractivity contribution in [2.75, 3.05) is 5.32 Å². The van der Waals surface area contributed by atoms with Gasteiger partial charge in [0.15, 0.2) is 0 Å². The number of rotatable bonds is 3. The molecule has 0 bridgehead atoms. The van der Waals surface area contributed by atoms with E-state index >= 15 is 0 Å². The van der Waals surface area contributed by atoms with Gasteiger partial charge in [0.1, 0.15) is 0 Å². The molecule has 0 spiro atoms. The summed E-state index contributed by atoms with van der Waals surface area (Å²) in [4.78, 5) is 12.2. The first-order valence-corrected chi connectivity index (χ1v) is 8.05. The van der Waals surface area contributed by atoms with Crippen molar-refractivity contribution in [3.8, 4) is 11.1 Å². The number of para-hydroxylation sites is 1. The fraction of sp³-hybridized carbons (Fsp3) is 0.316. The molecule has 1 saturated carbocycles. The molecule has 1 fully saturated rings. The predicted octanol–water partition coefficient (Wildman–Crippen LogP) is 4.81. The first-order chi connectivity index (χ1) is 10.8. The summed E-state index contributed by atoms with van der Waals surface area (Å²) in [5, 5.41) is 6.10. The molecule has 3 heteroatoms. The van der Waals surface area contributed by atoms with Crippen LogP contribution in [-0.2, 0) is 0 Å². The molecule has 2 N–H and O–H groups in total. The molecule has 114 valence electrons. The van der Waals surface area contributed by atoms with E-state index in [1.54, 1.807) is 0 Å². The lowest BCUT2D eigenvalue weighted by atomic mass is 9.96. The van der Waals surface area contributed by atoms with E-state index in [0.717, 1.165) is 29.7 Å².